The van der Waals surface area contributed by atoms with Crippen LogP contribution in [0, 0.1) is 5.82 Å². The fourth-order valence-electron chi connectivity index (χ4n) is 4.13. The van der Waals surface area contributed by atoms with Crippen LogP contribution in [-0.4, -0.2) is 27.4 Å². The Balaban J connectivity index is 1.21. The maximum absolute atomic E-state index is 14.0. The third-order valence-corrected chi connectivity index (χ3v) is 8.75. The molecule has 3 heterocycles. The number of rotatable bonds is 5. The number of thioether (sulfide) groups is 2. The largest absolute Gasteiger partial charge is 0.349 e. The van der Waals surface area contributed by atoms with E-state index in [-0.39, 0.29) is 29.1 Å². The number of carbonyl (C=O) groups excluding carboxylic acids is 1. The zero-order valence-electron chi connectivity index (χ0n) is 16.1. The number of H-pyrrole nitrogens is 1. The lowest BCUT2D eigenvalue weighted by molar-refractivity contribution is -0.119. The molecule has 0 spiro atoms. The molecular formula is C21H20FN3O2S3. The molecule has 0 fully saturated rings. The molecule has 1 aliphatic carbocycles. The number of aromatic amines is 1. The lowest BCUT2D eigenvalue weighted by Crippen LogP contribution is -2.32. The molecular weight excluding hydrogens is 441 g/mol. The van der Waals surface area contributed by atoms with Gasteiger partial charge in [-0.25, -0.2) is 9.37 Å². The molecule has 0 saturated heterocycles. The molecule has 156 valence electrons. The topological polar surface area (TPSA) is 74.8 Å². The second-order valence-electron chi connectivity index (χ2n) is 7.46. The number of aryl methyl sites for hydroxylation is 2. The van der Waals surface area contributed by atoms with Crippen LogP contribution in [0.5, 0.6) is 0 Å². The summed E-state index contributed by atoms with van der Waals surface area (Å²) in [6.07, 6.45) is 3.89. The Morgan fingerprint density at radius 2 is 2.27 bits per heavy atom. The highest BCUT2D eigenvalue weighted by atomic mass is 32.2. The third-order valence-electron chi connectivity index (χ3n) is 5.46. The summed E-state index contributed by atoms with van der Waals surface area (Å²) in [5.41, 5.74) is 1.95. The number of amides is 1. The van der Waals surface area contributed by atoms with Gasteiger partial charge >= 0.3 is 0 Å². The summed E-state index contributed by atoms with van der Waals surface area (Å²) < 4.78 is 14.0. The van der Waals surface area contributed by atoms with Crippen LogP contribution in [-0.2, 0) is 23.4 Å². The first-order valence-electron chi connectivity index (χ1n) is 9.92. The summed E-state index contributed by atoms with van der Waals surface area (Å²) in [6.45, 7) is 0. The third kappa shape index (κ3) is 3.78. The van der Waals surface area contributed by atoms with Crippen molar-refractivity contribution in [1.82, 2.24) is 15.3 Å². The van der Waals surface area contributed by atoms with Gasteiger partial charge in [-0.15, -0.1) is 34.9 Å². The van der Waals surface area contributed by atoms with Crippen molar-refractivity contribution in [2.24, 2.45) is 0 Å². The molecule has 1 amide bonds. The molecule has 0 radical (unpaired) electrons. The summed E-state index contributed by atoms with van der Waals surface area (Å²) in [6, 6.07) is 4.86. The second kappa shape index (κ2) is 8.36. The van der Waals surface area contributed by atoms with Gasteiger partial charge in [-0.05, 0) is 42.9 Å². The molecule has 1 aromatic carbocycles. The summed E-state index contributed by atoms with van der Waals surface area (Å²) in [5, 5.41) is 3.78. The lowest BCUT2D eigenvalue weighted by atomic mass is 10.0. The molecule has 5 rings (SSSR count). The number of aromatic nitrogens is 2. The Hall–Kier alpha value is -1.84. The number of benzene rings is 1. The number of nitrogens with one attached hydrogen (secondary N) is 2. The molecule has 2 aromatic heterocycles. The standard InChI is InChI=1S/C21H20FN3O2S3/c22-13-5-1-3-11-14(7-8-29-19(11)13)23-17(26)10-28-9-16-24-20(27)18-12-4-2-6-15(12)30-21(18)25-16/h1,3,5,14H,2,4,6-10H2,(H,23,26)(H,24,25,27)/t14-/m1/s1. The quantitative estimate of drug-likeness (QED) is 0.596. The van der Waals surface area contributed by atoms with E-state index in [1.54, 1.807) is 17.4 Å². The van der Waals surface area contributed by atoms with Crippen molar-refractivity contribution in [3.63, 3.8) is 0 Å². The number of thiophene rings is 1. The van der Waals surface area contributed by atoms with Gasteiger partial charge in [0.15, 0.2) is 0 Å². The zero-order chi connectivity index (χ0) is 20.7. The van der Waals surface area contributed by atoms with Gasteiger partial charge in [0.2, 0.25) is 5.91 Å². The van der Waals surface area contributed by atoms with E-state index in [9.17, 15) is 14.0 Å². The summed E-state index contributed by atoms with van der Waals surface area (Å²) in [7, 11) is 0. The molecule has 1 aliphatic heterocycles. The lowest BCUT2D eigenvalue weighted by Gasteiger charge is -2.26. The highest BCUT2D eigenvalue weighted by Crippen LogP contribution is 2.38. The molecule has 0 unspecified atom stereocenters. The molecule has 5 nitrogen and oxygen atoms in total. The van der Waals surface area contributed by atoms with Crippen molar-refractivity contribution in [3.8, 4) is 0 Å². The van der Waals surface area contributed by atoms with Crippen LogP contribution in [0.25, 0.3) is 10.2 Å². The van der Waals surface area contributed by atoms with Gasteiger partial charge in [0.1, 0.15) is 16.5 Å². The van der Waals surface area contributed by atoms with E-state index in [1.165, 1.54) is 40.0 Å². The highest BCUT2D eigenvalue weighted by Gasteiger charge is 2.24. The summed E-state index contributed by atoms with van der Waals surface area (Å²) in [5.74, 6) is 1.79. The monoisotopic (exact) mass is 461 g/mol. The smallest absolute Gasteiger partial charge is 0.259 e. The normalized spacial score (nSPS) is 17.7. The zero-order valence-corrected chi connectivity index (χ0v) is 18.6. The minimum Gasteiger partial charge on any atom is -0.349 e. The molecule has 2 aliphatic rings. The predicted octanol–water partition coefficient (Wildman–Crippen LogP) is 4.20. The molecule has 2 N–H and O–H groups in total. The van der Waals surface area contributed by atoms with Crippen molar-refractivity contribution in [3.05, 3.63) is 56.2 Å². The Morgan fingerprint density at radius 1 is 1.37 bits per heavy atom. The average Bonchev–Trinajstić information content (AvgIpc) is 3.29. The predicted molar refractivity (Wildman–Crippen MR) is 121 cm³/mol. The van der Waals surface area contributed by atoms with Crippen molar-refractivity contribution in [1.29, 1.82) is 0 Å². The average molecular weight is 462 g/mol. The van der Waals surface area contributed by atoms with Crippen LogP contribution in [0.15, 0.2) is 27.9 Å². The van der Waals surface area contributed by atoms with Crippen LogP contribution in [0.4, 0.5) is 4.39 Å². The molecule has 30 heavy (non-hydrogen) atoms. The maximum Gasteiger partial charge on any atom is 0.259 e. The van der Waals surface area contributed by atoms with E-state index in [2.05, 4.69) is 15.3 Å². The molecule has 0 saturated carbocycles. The van der Waals surface area contributed by atoms with Gasteiger partial charge in [-0.1, -0.05) is 12.1 Å². The first kappa shape index (κ1) is 20.1. The van der Waals surface area contributed by atoms with Crippen LogP contribution in [0.2, 0.25) is 0 Å². The first-order valence-corrected chi connectivity index (χ1v) is 12.9. The Bertz CT molecular complexity index is 1190. The fourth-order valence-corrected chi connectivity index (χ4v) is 7.25. The van der Waals surface area contributed by atoms with Gasteiger partial charge in [-0.2, -0.15) is 0 Å². The summed E-state index contributed by atoms with van der Waals surface area (Å²) >= 11 is 4.54. The van der Waals surface area contributed by atoms with Gasteiger partial charge in [0.05, 0.1) is 22.9 Å². The number of carbonyl (C=O) groups is 1. The van der Waals surface area contributed by atoms with Gasteiger partial charge < -0.3 is 10.3 Å². The van der Waals surface area contributed by atoms with E-state index in [1.807, 2.05) is 6.07 Å². The number of hydrogen-bond donors (Lipinski definition) is 2. The van der Waals surface area contributed by atoms with Crippen molar-refractivity contribution in [2.45, 2.75) is 42.4 Å². The number of nitrogens with zero attached hydrogens (tertiary/aromatic N) is 1. The molecule has 3 aromatic rings. The van der Waals surface area contributed by atoms with Gasteiger partial charge in [0, 0.05) is 15.5 Å². The Kier molecular flexibility index (Phi) is 5.59. The van der Waals surface area contributed by atoms with E-state index < -0.39 is 0 Å². The van der Waals surface area contributed by atoms with Gasteiger partial charge in [-0.3, -0.25) is 9.59 Å². The highest BCUT2D eigenvalue weighted by molar-refractivity contribution is 7.99. The number of fused-ring (bicyclic) bond motifs is 4. The fraction of sp³-hybridized carbons (Fsp3) is 0.381. The Morgan fingerprint density at radius 3 is 3.17 bits per heavy atom. The van der Waals surface area contributed by atoms with Crippen molar-refractivity contribution >= 4 is 51.0 Å². The van der Waals surface area contributed by atoms with E-state index in [4.69, 9.17) is 0 Å². The minimum absolute atomic E-state index is 0.0715. The molecule has 1 atom stereocenters. The Labute approximate surface area is 185 Å². The molecule has 9 heteroatoms. The van der Waals surface area contributed by atoms with Crippen LogP contribution < -0.4 is 10.9 Å². The van der Waals surface area contributed by atoms with Crippen LogP contribution in [0.1, 0.15) is 40.7 Å². The van der Waals surface area contributed by atoms with E-state index in [0.717, 1.165) is 47.2 Å². The minimum atomic E-state index is -0.226. The molecule has 0 bridgehead atoms. The van der Waals surface area contributed by atoms with Crippen molar-refractivity contribution < 1.29 is 9.18 Å². The SMILES string of the molecule is O=C(CSCc1nc2sc3c(c2c(=O)[nH]1)CCC3)N[C@@H]1CCSc2c(F)cccc21. The van der Waals surface area contributed by atoms with Gasteiger partial charge in [0.25, 0.3) is 5.56 Å². The van der Waals surface area contributed by atoms with Crippen molar-refractivity contribution in [2.75, 3.05) is 11.5 Å². The number of hydrogen-bond acceptors (Lipinski definition) is 6. The van der Waals surface area contributed by atoms with E-state index in [0.29, 0.717) is 16.5 Å². The van der Waals surface area contributed by atoms with Crippen LogP contribution in [0.3, 0.4) is 0 Å². The van der Waals surface area contributed by atoms with E-state index >= 15 is 0 Å². The maximum atomic E-state index is 14.0. The summed E-state index contributed by atoms with van der Waals surface area (Å²) in [4.78, 5) is 35.2. The second-order valence-corrected chi connectivity index (χ2v) is 10.6. The first-order chi connectivity index (χ1) is 14.6. The number of halogens is 1. The van der Waals surface area contributed by atoms with Crippen LogP contribution >= 0.6 is 34.9 Å².